The van der Waals surface area contributed by atoms with Gasteiger partial charge in [0.15, 0.2) is 0 Å². The van der Waals surface area contributed by atoms with Crippen LogP contribution < -0.4 is 10.4 Å². The summed E-state index contributed by atoms with van der Waals surface area (Å²) in [6, 6.07) is 6.67. The van der Waals surface area contributed by atoms with Crippen molar-refractivity contribution in [2.75, 3.05) is 14.2 Å². The molecule has 0 bridgehead atoms. The minimum atomic E-state index is -0.771. The van der Waals surface area contributed by atoms with Crippen LogP contribution in [-0.4, -0.2) is 31.0 Å². The van der Waals surface area contributed by atoms with Gasteiger partial charge in [0.25, 0.3) is 0 Å². The van der Waals surface area contributed by atoms with Crippen molar-refractivity contribution in [1.29, 1.82) is 0 Å². The molecular formula is C16H20O5. The summed E-state index contributed by atoms with van der Waals surface area (Å²) in [4.78, 5) is 11.5. The molecule has 1 atom stereocenters. The van der Waals surface area contributed by atoms with Gasteiger partial charge in [-0.05, 0) is 32.0 Å². The number of ether oxygens (including phenoxy) is 2. The van der Waals surface area contributed by atoms with Crippen molar-refractivity contribution in [3.05, 3.63) is 40.2 Å². The van der Waals surface area contributed by atoms with E-state index in [0.717, 1.165) is 5.39 Å². The maximum Gasteiger partial charge on any atom is 0.336 e. The Morgan fingerprint density at radius 2 is 1.90 bits per heavy atom. The quantitative estimate of drug-likeness (QED) is 0.855. The minimum Gasteiger partial charge on any atom is -0.496 e. The fourth-order valence-corrected chi connectivity index (χ4v) is 2.13. The van der Waals surface area contributed by atoms with Crippen LogP contribution in [0.4, 0.5) is 0 Å². The molecule has 0 saturated heterocycles. The Hall–Kier alpha value is -1.85. The van der Waals surface area contributed by atoms with Crippen LogP contribution in [0.3, 0.4) is 0 Å². The van der Waals surface area contributed by atoms with E-state index in [-0.39, 0.29) is 6.42 Å². The van der Waals surface area contributed by atoms with Gasteiger partial charge in [0, 0.05) is 30.5 Å². The molecule has 1 heterocycles. The molecule has 2 aromatic rings. The van der Waals surface area contributed by atoms with Crippen molar-refractivity contribution in [3.8, 4) is 5.75 Å². The smallest absolute Gasteiger partial charge is 0.336 e. The van der Waals surface area contributed by atoms with E-state index >= 15 is 0 Å². The second-order valence-corrected chi connectivity index (χ2v) is 5.45. The maximum atomic E-state index is 11.5. The van der Waals surface area contributed by atoms with Gasteiger partial charge >= 0.3 is 5.63 Å². The lowest BCUT2D eigenvalue weighted by Crippen LogP contribution is -2.39. The summed E-state index contributed by atoms with van der Waals surface area (Å²) in [5, 5.41) is 11.2. The van der Waals surface area contributed by atoms with Crippen molar-refractivity contribution < 1.29 is 19.0 Å². The third kappa shape index (κ3) is 3.09. The van der Waals surface area contributed by atoms with E-state index in [1.165, 1.54) is 6.07 Å². The Kier molecular flexibility index (Phi) is 4.34. The monoisotopic (exact) mass is 292 g/mol. The fraction of sp³-hybridized carbons (Fsp3) is 0.438. The molecule has 5 nitrogen and oxygen atoms in total. The summed E-state index contributed by atoms with van der Waals surface area (Å²) >= 11 is 0. The number of aliphatic hydroxyl groups is 1. The Balaban J connectivity index is 2.55. The Morgan fingerprint density at radius 3 is 2.52 bits per heavy atom. The third-order valence-corrected chi connectivity index (χ3v) is 3.80. The van der Waals surface area contributed by atoms with E-state index in [1.54, 1.807) is 40.2 Å². The van der Waals surface area contributed by atoms with Crippen molar-refractivity contribution >= 4 is 11.0 Å². The van der Waals surface area contributed by atoms with Crippen LogP contribution in [0.2, 0.25) is 0 Å². The first-order valence-corrected chi connectivity index (χ1v) is 6.72. The average Bonchev–Trinajstić information content (AvgIpc) is 2.47. The number of benzene rings is 1. The van der Waals surface area contributed by atoms with Gasteiger partial charge in [-0.15, -0.1) is 0 Å². The molecular weight excluding hydrogens is 272 g/mol. The predicted molar refractivity (Wildman–Crippen MR) is 79.8 cm³/mol. The number of hydrogen-bond acceptors (Lipinski definition) is 5. The molecule has 0 radical (unpaired) electrons. The highest BCUT2D eigenvalue weighted by molar-refractivity contribution is 5.82. The van der Waals surface area contributed by atoms with E-state index < -0.39 is 17.3 Å². The molecule has 1 aromatic carbocycles. The van der Waals surface area contributed by atoms with Gasteiger partial charge in [-0.25, -0.2) is 4.79 Å². The highest BCUT2D eigenvalue weighted by Crippen LogP contribution is 2.30. The van der Waals surface area contributed by atoms with E-state index in [2.05, 4.69) is 0 Å². The molecule has 0 amide bonds. The summed E-state index contributed by atoms with van der Waals surface area (Å²) in [6.45, 7) is 3.59. The molecule has 2 rings (SSSR count). The average molecular weight is 292 g/mol. The molecule has 0 aliphatic heterocycles. The van der Waals surface area contributed by atoms with Crippen molar-refractivity contribution in [2.45, 2.75) is 32.0 Å². The van der Waals surface area contributed by atoms with Crippen molar-refractivity contribution in [2.24, 2.45) is 0 Å². The van der Waals surface area contributed by atoms with E-state index in [0.29, 0.717) is 16.9 Å². The topological polar surface area (TPSA) is 68.9 Å². The van der Waals surface area contributed by atoms with Gasteiger partial charge in [0.2, 0.25) is 0 Å². The normalized spacial score (nSPS) is 13.4. The zero-order valence-electron chi connectivity index (χ0n) is 12.7. The first-order valence-electron chi connectivity index (χ1n) is 6.72. The van der Waals surface area contributed by atoms with Crippen molar-refractivity contribution in [1.82, 2.24) is 0 Å². The predicted octanol–water partition coefficient (Wildman–Crippen LogP) is 2.13. The summed E-state index contributed by atoms with van der Waals surface area (Å²) in [5.74, 6) is 0.572. The first-order chi connectivity index (χ1) is 9.89. The lowest BCUT2D eigenvalue weighted by atomic mass is 9.93. The molecule has 0 aliphatic carbocycles. The molecule has 0 fully saturated rings. The van der Waals surface area contributed by atoms with Crippen LogP contribution in [0.5, 0.6) is 5.75 Å². The summed E-state index contributed by atoms with van der Waals surface area (Å²) in [6.07, 6.45) is -0.513. The van der Waals surface area contributed by atoms with Gasteiger partial charge < -0.3 is 19.0 Å². The molecule has 1 aromatic heterocycles. The van der Waals surface area contributed by atoms with Crippen LogP contribution in [0.15, 0.2) is 33.5 Å². The lowest BCUT2D eigenvalue weighted by Gasteiger charge is -2.29. The second-order valence-electron chi connectivity index (χ2n) is 5.45. The Bertz CT molecular complexity index is 687. The van der Waals surface area contributed by atoms with Gasteiger partial charge in [0.1, 0.15) is 11.3 Å². The highest BCUT2D eigenvalue weighted by atomic mass is 16.5. The summed E-state index contributed by atoms with van der Waals surface area (Å²) in [7, 11) is 3.09. The molecule has 0 aliphatic rings. The number of hydrogen-bond donors (Lipinski definition) is 1. The standard InChI is InChI=1S/C16H20O5/c1-16(2,20-4)13(17)9-11-12(19-3)7-5-10-6-8-14(18)21-15(10)11/h5-8,13,17H,9H2,1-4H3. The van der Waals surface area contributed by atoms with Crippen molar-refractivity contribution in [3.63, 3.8) is 0 Å². The van der Waals surface area contributed by atoms with Gasteiger partial charge in [0.05, 0.1) is 18.8 Å². The Morgan fingerprint density at radius 1 is 1.24 bits per heavy atom. The molecule has 1 N–H and O–H groups in total. The minimum absolute atomic E-state index is 0.258. The molecule has 114 valence electrons. The van der Waals surface area contributed by atoms with E-state index in [4.69, 9.17) is 13.9 Å². The summed E-state index contributed by atoms with van der Waals surface area (Å²) in [5.41, 5.74) is -0.0574. The molecule has 0 spiro atoms. The van der Waals surface area contributed by atoms with Crippen LogP contribution >= 0.6 is 0 Å². The number of methoxy groups -OCH3 is 2. The number of rotatable bonds is 5. The van der Waals surface area contributed by atoms with Crippen LogP contribution in [0.1, 0.15) is 19.4 Å². The van der Waals surface area contributed by atoms with Gasteiger partial charge in [-0.2, -0.15) is 0 Å². The van der Waals surface area contributed by atoms with E-state index in [1.807, 2.05) is 6.07 Å². The zero-order valence-corrected chi connectivity index (χ0v) is 12.7. The molecule has 0 saturated carbocycles. The Labute approximate surface area is 123 Å². The molecule has 5 heteroatoms. The van der Waals surface area contributed by atoms with E-state index in [9.17, 15) is 9.90 Å². The fourth-order valence-electron chi connectivity index (χ4n) is 2.13. The van der Waals surface area contributed by atoms with Crippen LogP contribution in [0.25, 0.3) is 11.0 Å². The third-order valence-electron chi connectivity index (χ3n) is 3.80. The first kappa shape index (κ1) is 15.5. The molecule has 21 heavy (non-hydrogen) atoms. The largest absolute Gasteiger partial charge is 0.496 e. The zero-order chi connectivity index (χ0) is 15.6. The number of aliphatic hydroxyl groups excluding tert-OH is 1. The molecule has 1 unspecified atom stereocenters. The second kappa shape index (κ2) is 5.87. The van der Waals surface area contributed by atoms with Crippen LogP contribution in [0, 0.1) is 0 Å². The van der Waals surface area contributed by atoms with Crippen LogP contribution in [-0.2, 0) is 11.2 Å². The van der Waals surface area contributed by atoms with Gasteiger partial charge in [-0.3, -0.25) is 0 Å². The van der Waals surface area contributed by atoms with Gasteiger partial charge in [-0.1, -0.05) is 0 Å². The SMILES string of the molecule is COc1ccc2ccc(=O)oc2c1CC(O)C(C)(C)OC. The lowest BCUT2D eigenvalue weighted by molar-refractivity contribution is -0.0765. The maximum absolute atomic E-state index is 11.5. The number of fused-ring (bicyclic) bond motifs is 1. The summed E-state index contributed by atoms with van der Waals surface area (Å²) < 4.78 is 15.9. The highest BCUT2D eigenvalue weighted by Gasteiger charge is 2.29.